The average molecular weight is 394 g/mol. The van der Waals surface area contributed by atoms with Crippen molar-refractivity contribution in [3.63, 3.8) is 0 Å². The molecule has 0 fully saturated rings. The van der Waals surface area contributed by atoms with Crippen LogP contribution < -0.4 is 10.6 Å². The van der Waals surface area contributed by atoms with Gasteiger partial charge in [0.25, 0.3) is 0 Å². The minimum atomic E-state index is -0.813. The first-order valence-corrected chi connectivity index (χ1v) is 8.59. The summed E-state index contributed by atoms with van der Waals surface area (Å²) in [6.07, 6.45) is -1.63. The van der Waals surface area contributed by atoms with Crippen LogP contribution in [-0.2, 0) is 13.2 Å². The average Bonchev–Trinajstić information content (AvgIpc) is 2.68. The molecule has 0 amide bonds. The van der Waals surface area contributed by atoms with Crippen molar-refractivity contribution >= 4 is 0 Å². The molecule has 28 heavy (non-hydrogen) atoms. The molecule has 8 heteroatoms. The van der Waals surface area contributed by atoms with Gasteiger partial charge in [0.15, 0.2) is 0 Å². The Kier molecular flexibility index (Phi) is 9.88. The predicted molar refractivity (Wildman–Crippen MR) is 106 cm³/mol. The van der Waals surface area contributed by atoms with Crippen LogP contribution in [0, 0.1) is 0 Å². The molecule has 2 rings (SSSR count). The van der Waals surface area contributed by atoms with Gasteiger partial charge in [0.05, 0.1) is 25.4 Å². The van der Waals surface area contributed by atoms with Crippen molar-refractivity contribution in [3.05, 3.63) is 58.7 Å². The Bertz CT molecular complexity index is 679. The zero-order valence-electron chi connectivity index (χ0n) is 14.8. The van der Waals surface area contributed by atoms with E-state index < -0.39 is 12.2 Å². The second kappa shape index (κ2) is 11.6. The Hall–Kier alpha value is -2.20. The Morgan fingerprint density at radius 3 is 1.46 bits per heavy atom. The van der Waals surface area contributed by atoms with Crippen molar-refractivity contribution < 1.29 is 30.6 Å². The number of phenols is 2. The number of benzene rings is 2. The third-order valence-electron chi connectivity index (χ3n) is 4.24. The highest BCUT2D eigenvalue weighted by atomic mass is 16.3. The zero-order valence-corrected chi connectivity index (χ0v) is 14.8. The van der Waals surface area contributed by atoms with Gasteiger partial charge in [0.1, 0.15) is 11.5 Å². The van der Waals surface area contributed by atoms with Gasteiger partial charge in [-0.05, 0) is 35.4 Å². The molecule has 0 bridgehead atoms. The second-order valence-corrected chi connectivity index (χ2v) is 6.21. The third kappa shape index (κ3) is 6.45. The highest BCUT2D eigenvalue weighted by Crippen LogP contribution is 2.23. The second-order valence-electron chi connectivity index (χ2n) is 6.21. The highest BCUT2D eigenvalue weighted by Gasteiger charge is 2.12. The van der Waals surface area contributed by atoms with E-state index in [9.17, 15) is 20.4 Å². The van der Waals surface area contributed by atoms with E-state index in [1.54, 1.807) is 24.3 Å². The molecule has 0 aliphatic carbocycles. The Balaban J connectivity index is 0.00000392. The molecule has 2 aromatic rings. The van der Waals surface area contributed by atoms with Crippen molar-refractivity contribution in [1.82, 2.24) is 10.6 Å². The van der Waals surface area contributed by atoms with Crippen LogP contribution in [0.1, 0.15) is 41.9 Å². The van der Waals surface area contributed by atoms with E-state index in [4.69, 9.17) is 10.2 Å². The smallest absolute Gasteiger partial charge is 0.121 e. The summed E-state index contributed by atoms with van der Waals surface area (Å²) in [6.45, 7) is 0.201. The summed E-state index contributed by atoms with van der Waals surface area (Å²) in [4.78, 5) is 0. The van der Waals surface area contributed by atoms with Gasteiger partial charge in [-0.25, -0.2) is 0 Å². The maximum Gasteiger partial charge on any atom is 0.121 e. The SMILES string of the molecule is C.OCc1cc(C(O)CNCNCC(O)c2ccc(O)c(CO)c2)ccc1O. The molecule has 0 spiro atoms. The molecule has 0 aliphatic rings. The standard InChI is InChI=1S/C19H26N2O6.CH4/c22-9-14-5-12(1-3-16(14)24)18(26)7-20-11-21-8-19(27)13-2-4-17(25)15(6-13)10-23;/h1-6,18-27H,7-11H2;1H4. The van der Waals surface area contributed by atoms with Gasteiger partial charge in [-0.3, -0.25) is 0 Å². The fourth-order valence-corrected chi connectivity index (χ4v) is 2.62. The number of aliphatic hydroxyl groups excluding tert-OH is 4. The summed E-state index contributed by atoms with van der Waals surface area (Å²) in [5.41, 5.74) is 1.85. The molecule has 0 heterocycles. The fourth-order valence-electron chi connectivity index (χ4n) is 2.62. The molecule has 0 saturated heterocycles. The first kappa shape index (κ1) is 23.8. The summed E-state index contributed by atoms with van der Waals surface area (Å²) in [6, 6.07) is 9.11. The van der Waals surface area contributed by atoms with E-state index >= 15 is 0 Å². The molecular weight excluding hydrogens is 364 g/mol. The molecule has 0 radical (unpaired) electrons. The quantitative estimate of drug-likeness (QED) is 0.216. The molecule has 8 nitrogen and oxygen atoms in total. The minimum absolute atomic E-state index is 0. The van der Waals surface area contributed by atoms with Gasteiger partial charge in [0.2, 0.25) is 0 Å². The van der Waals surface area contributed by atoms with Crippen LogP contribution in [0.4, 0.5) is 0 Å². The Morgan fingerprint density at radius 1 is 0.714 bits per heavy atom. The maximum atomic E-state index is 10.2. The first-order valence-electron chi connectivity index (χ1n) is 8.59. The molecule has 2 aromatic carbocycles. The van der Waals surface area contributed by atoms with Crippen molar-refractivity contribution in [2.24, 2.45) is 0 Å². The van der Waals surface area contributed by atoms with Crippen LogP contribution in [0.2, 0.25) is 0 Å². The number of aromatic hydroxyl groups is 2. The van der Waals surface area contributed by atoms with E-state index in [1.165, 1.54) is 12.1 Å². The summed E-state index contributed by atoms with van der Waals surface area (Å²) in [5.74, 6) is -0.0358. The van der Waals surface area contributed by atoms with Crippen molar-refractivity contribution in [2.45, 2.75) is 32.8 Å². The van der Waals surface area contributed by atoms with Crippen LogP contribution in [0.3, 0.4) is 0 Å². The Labute approximate surface area is 164 Å². The van der Waals surface area contributed by atoms with Crippen LogP contribution in [0.5, 0.6) is 11.5 Å². The molecule has 2 unspecified atom stereocenters. The minimum Gasteiger partial charge on any atom is -0.508 e. The third-order valence-corrected chi connectivity index (χ3v) is 4.24. The van der Waals surface area contributed by atoms with Crippen LogP contribution in [0.15, 0.2) is 36.4 Å². The highest BCUT2D eigenvalue weighted by molar-refractivity contribution is 5.37. The zero-order chi connectivity index (χ0) is 19.8. The molecule has 0 saturated carbocycles. The summed E-state index contributed by atoms with van der Waals surface area (Å²) in [7, 11) is 0. The number of hydrogen-bond donors (Lipinski definition) is 8. The topological polar surface area (TPSA) is 145 Å². The normalized spacial score (nSPS) is 13.0. The molecule has 0 aliphatic heterocycles. The van der Waals surface area contributed by atoms with Gasteiger partial charge in [0, 0.05) is 30.9 Å². The fraction of sp³-hybridized carbons (Fsp3) is 0.400. The van der Waals surface area contributed by atoms with Crippen molar-refractivity contribution in [2.75, 3.05) is 19.8 Å². The maximum absolute atomic E-state index is 10.2. The van der Waals surface area contributed by atoms with E-state index in [0.717, 1.165) is 0 Å². The lowest BCUT2D eigenvalue weighted by molar-refractivity contribution is 0.163. The predicted octanol–water partition coefficient (Wildman–Crippen LogP) is 0.622. The van der Waals surface area contributed by atoms with Gasteiger partial charge >= 0.3 is 0 Å². The molecule has 0 aromatic heterocycles. The lowest BCUT2D eigenvalue weighted by Crippen LogP contribution is -2.34. The van der Waals surface area contributed by atoms with Crippen molar-refractivity contribution in [1.29, 1.82) is 0 Å². The number of rotatable bonds is 10. The first-order chi connectivity index (χ1) is 13.0. The van der Waals surface area contributed by atoms with Gasteiger partial charge in [-0.1, -0.05) is 19.6 Å². The Morgan fingerprint density at radius 2 is 1.11 bits per heavy atom. The summed E-state index contributed by atoms with van der Waals surface area (Å²) in [5, 5.41) is 63.7. The molecule has 156 valence electrons. The van der Waals surface area contributed by atoms with E-state index in [2.05, 4.69) is 10.6 Å². The van der Waals surface area contributed by atoms with Crippen LogP contribution in [0.25, 0.3) is 0 Å². The number of nitrogens with one attached hydrogen (secondary N) is 2. The largest absolute Gasteiger partial charge is 0.508 e. The van der Waals surface area contributed by atoms with Gasteiger partial charge < -0.3 is 41.3 Å². The van der Waals surface area contributed by atoms with E-state index in [0.29, 0.717) is 28.9 Å². The summed E-state index contributed by atoms with van der Waals surface area (Å²) < 4.78 is 0. The number of aliphatic hydroxyl groups is 4. The van der Waals surface area contributed by atoms with Gasteiger partial charge in [-0.15, -0.1) is 0 Å². The molecule has 8 N–H and O–H groups in total. The van der Waals surface area contributed by atoms with E-state index in [1.807, 2.05) is 0 Å². The van der Waals surface area contributed by atoms with Gasteiger partial charge in [-0.2, -0.15) is 0 Å². The van der Waals surface area contributed by atoms with Crippen LogP contribution >= 0.6 is 0 Å². The lowest BCUT2D eigenvalue weighted by atomic mass is 10.1. The molecule has 2 atom stereocenters. The number of hydrogen-bond acceptors (Lipinski definition) is 8. The van der Waals surface area contributed by atoms with Crippen LogP contribution in [-0.4, -0.2) is 50.4 Å². The van der Waals surface area contributed by atoms with Crippen molar-refractivity contribution in [3.8, 4) is 11.5 Å². The molecular formula is C20H30N2O6. The lowest BCUT2D eigenvalue weighted by Gasteiger charge is -2.16. The monoisotopic (exact) mass is 394 g/mol. The summed E-state index contributed by atoms with van der Waals surface area (Å²) >= 11 is 0. The van der Waals surface area contributed by atoms with E-state index in [-0.39, 0.29) is 45.2 Å².